The van der Waals surface area contributed by atoms with Gasteiger partial charge in [0.2, 0.25) is 0 Å². The van der Waals surface area contributed by atoms with Gasteiger partial charge >= 0.3 is 0 Å². The number of thiophene rings is 1. The molecule has 2 fully saturated rings. The zero-order valence-electron chi connectivity index (χ0n) is 15.4. The molecule has 0 aromatic carbocycles. The Morgan fingerprint density at radius 1 is 1.32 bits per heavy atom. The SMILES string of the molecule is CN=C(NCC1(SC)CCOCC1)N1CCN(Cc2cccs2)CC1. The number of nitrogens with zero attached hydrogens (tertiary/aromatic N) is 3. The predicted molar refractivity (Wildman–Crippen MR) is 109 cm³/mol. The van der Waals surface area contributed by atoms with Crippen LogP contribution in [-0.4, -0.2) is 79.7 Å². The van der Waals surface area contributed by atoms with E-state index in [1.165, 1.54) is 4.88 Å². The summed E-state index contributed by atoms with van der Waals surface area (Å²) < 4.78 is 5.83. The normalized spacial score (nSPS) is 22.2. The summed E-state index contributed by atoms with van der Waals surface area (Å²) in [6.45, 7) is 8.08. The van der Waals surface area contributed by atoms with Gasteiger partial charge in [-0.3, -0.25) is 9.89 Å². The molecule has 2 saturated heterocycles. The van der Waals surface area contributed by atoms with Crippen molar-refractivity contribution in [3.05, 3.63) is 22.4 Å². The van der Waals surface area contributed by atoms with E-state index in [2.05, 4.69) is 43.9 Å². The minimum Gasteiger partial charge on any atom is -0.381 e. The highest BCUT2D eigenvalue weighted by Gasteiger charge is 2.32. The molecule has 3 rings (SSSR count). The van der Waals surface area contributed by atoms with Crippen LogP contribution in [0.3, 0.4) is 0 Å². The molecule has 0 amide bonds. The van der Waals surface area contributed by atoms with Gasteiger partial charge in [0.15, 0.2) is 5.96 Å². The molecule has 0 spiro atoms. The first kappa shape index (κ1) is 19.0. The predicted octanol–water partition coefficient (Wildman–Crippen LogP) is 2.35. The van der Waals surface area contributed by atoms with Crippen LogP contribution in [0.2, 0.25) is 0 Å². The highest BCUT2D eigenvalue weighted by molar-refractivity contribution is 8.00. The molecule has 2 aliphatic heterocycles. The molecule has 0 aliphatic carbocycles. The second kappa shape index (κ2) is 9.26. The van der Waals surface area contributed by atoms with Gasteiger partial charge in [-0.15, -0.1) is 11.3 Å². The molecule has 1 N–H and O–H groups in total. The monoisotopic (exact) mass is 382 g/mol. The molecule has 25 heavy (non-hydrogen) atoms. The molecule has 0 radical (unpaired) electrons. The third-order valence-electron chi connectivity index (χ3n) is 5.25. The van der Waals surface area contributed by atoms with Crippen molar-refractivity contribution >= 4 is 29.1 Å². The van der Waals surface area contributed by atoms with Crippen LogP contribution in [0.5, 0.6) is 0 Å². The number of guanidine groups is 1. The Morgan fingerprint density at radius 3 is 2.68 bits per heavy atom. The molecule has 0 atom stereocenters. The minimum atomic E-state index is 0.287. The van der Waals surface area contributed by atoms with Crippen LogP contribution in [0.1, 0.15) is 17.7 Å². The Morgan fingerprint density at radius 2 is 2.08 bits per heavy atom. The quantitative estimate of drug-likeness (QED) is 0.625. The molecule has 3 heterocycles. The second-order valence-electron chi connectivity index (χ2n) is 6.74. The van der Waals surface area contributed by atoms with Crippen molar-refractivity contribution in [3.8, 4) is 0 Å². The molecule has 0 unspecified atom stereocenters. The van der Waals surface area contributed by atoms with E-state index in [0.717, 1.165) is 71.3 Å². The molecular weight excluding hydrogens is 352 g/mol. The lowest BCUT2D eigenvalue weighted by Crippen LogP contribution is -2.54. The number of hydrogen-bond donors (Lipinski definition) is 1. The van der Waals surface area contributed by atoms with Gasteiger partial charge < -0.3 is 15.0 Å². The maximum atomic E-state index is 5.54. The lowest BCUT2D eigenvalue weighted by Gasteiger charge is -2.39. The molecule has 1 aromatic heterocycles. The number of hydrogen-bond acceptors (Lipinski definition) is 5. The number of thioether (sulfide) groups is 1. The van der Waals surface area contributed by atoms with Gasteiger partial charge in [0.25, 0.3) is 0 Å². The van der Waals surface area contributed by atoms with E-state index in [-0.39, 0.29) is 4.75 Å². The number of rotatable bonds is 5. The van der Waals surface area contributed by atoms with E-state index in [4.69, 9.17) is 4.74 Å². The van der Waals surface area contributed by atoms with Crippen molar-refractivity contribution in [1.82, 2.24) is 15.1 Å². The van der Waals surface area contributed by atoms with Crippen molar-refractivity contribution in [3.63, 3.8) is 0 Å². The molecule has 2 aliphatic rings. The first-order valence-corrected chi connectivity index (χ1v) is 11.2. The number of aliphatic imine (C=N–C) groups is 1. The fourth-order valence-corrected chi connectivity index (χ4v) is 5.05. The Hall–Kier alpha value is -0.760. The van der Waals surface area contributed by atoms with Crippen LogP contribution < -0.4 is 5.32 Å². The lowest BCUT2D eigenvalue weighted by atomic mass is 9.99. The van der Waals surface area contributed by atoms with Gasteiger partial charge in [-0.1, -0.05) is 6.07 Å². The van der Waals surface area contributed by atoms with Gasteiger partial charge in [-0.2, -0.15) is 11.8 Å². The topological polar surface area (TPSA) is 40.1 Å². The number of ether oxygens (including phenoxy) is 1. The van der Waals surface area contributed by atoms with Crippen LogP contribution in [-0.2, 0) is 11.3 Å². The number of nitrogens with one attached hydrogen (secondary N) is 1. The van der Waals surface area contributed by atoms with Gasteiger partial charge in [0.05, 0.1) is 0 Å². The van der Waals surface area contributed by atoms with E-state index >= 15 is 0 Å². The maximum Gasteiger partial charge on any atom is 0.193 e. The van der Waals surface area contributed by atoms with Gasteiger partial charge in [-0.05, 0) is 30.5 Å². The summed E-state index contributed by atoms with van der Waals surface area (Å²) >= 11 is 3.82. The van der Waals surface area contributed by atoms with E-state index in [1.807, 2.05) is 30.1 Å². The highest BCUT2D eigenvalue weighted by Crippen LogP contribution is 2.33. The third-order valence-corrected chi connectivity index (χ3v) is 7.53. The van der Waals surface area contributed by atoms with Crippen molar-refractivity contribution in [2.75, 3.05) is 59.2 Å². The molecule has 140 valence electrons. The molecule has 5 nitrogen and oxygen atoms in total. The first-order chi connectivity index (χ1) is 12.2. The first-order valence-electron chi connectivity index (χ1n) is 9.08. The fourth-order valence-electron chi connectivity index (χ4n) is 3.51. The summed E-state index contributed by atoms with van der Waals surface area (Å²) in [5, 5.41) is 5.81. The average molecular weight is 383 g/mol. The zero-order valence-corrected chi connectivity index (χ0v) is 17.0. The van der Waals surface area contributed by atoms with Crippen LogP contribution in [0.4, 0.5) is 0 Å². The number of piperazine rings is 1. The Kier molecular flexibility index (Phi) is 7.04. The van der Waals surface area contributed by atoms with Gasteiger partial charge in [-0.25, -0.2) is 0 Å². The van der Waals surface area contributed by atoms with E-state index in [0.29, 0.717) is 0 Å². The summed E-state index contributed by atoms with van der Waals surface area (Å²) in [6.07, 6.45) is 4.46. The Balaban J connectivity index is 1.47. The van der Waals surface area contributed by atoms with E-state index in [1.54, 1.807) is 0 Å². The van der Waals surface area contributed by atoms with E-state index in [9.17, 15) is 0 Å². The van der Waals surface area contributed by atoms with Crippen LogP contribution in [0.15, 0.2) is 22.5 Å². The van der Waals surface area contributed by atoms with Crippen LogP contribution >= 0.6 is 23.1 Å². The summed E-state index contributed by atoms with van der Waals surface area (Å²) in [6, 6.07) is 4.37. The molecule has 0 saturated carbocycles. The summed E-state index contributed by atoms with van der Waals surface area (Å²) in [5.41, 5.74) is 0. The lowest BCUT2D eigenvalue weighted by molar-refractivity contribution is 0.0779. The second-order valence-corrected chi connectivity index (χ2v) is 9.05. The Bertz CT molecular complexity index is 535. The van der Waals surface area contributed by atoms with Crippen LogP contribution in [0.25, 0.3) is 0 Å². The summed E-state index contributed by atoms with van der Waals surface area (Å²) in [5.74, 6) is 1.05. The van der Waals surface area contributed by atoms with Gasteiger partial charge in [0, 0.05) is 69.2 Å². The maximum absolute atomic E-state index is 5.54. The van der Waals surface area contributed by atoms with E-state index < -0.39 is 0 Å². The highest BCUT2D eigenvalue weighted by atomic mass is 32.2. The Labute approximate surface area is 159 Å². The standard InChI is InChI=1S/C18H30N4OS2/c1-19-17(20-15-18(24-2)5-11-23-12-6-18)22-9-7-21(8-10-22)14-16-4-3-13-25-16/h3-4,13H,5-12,14-15H2,1-2H3,(H,19,20). The van der Waals surface area contributed by atoms with Crippen molar-refractivity contribution in [1.29, 1.82) is 0 Å². The molecule has 7 heteroatoms. The smallest absolute Gasteiger partial charge is 0.193 e. The zero-order chi connectivity index (χ0) is 17.5. The van der Waals surface area contributed by atoms with Crippen molar-refractivity contribution < 1.29 is 4.74 Å². The van der Waals surface area contributed by atoms with Gasteiger partial charge in [0.1, 0.15) is 0 Å². The molecular formula is C18H30N4OS2. The van der Waals surface area contributed by atoms with Crippen molar-refractivity contribution in [2.24, 2.45) is 4.99 Å². The molecule has 0 bridgehead atoms. The summed E-state index contributed by atoms with van der Waals surface area (Å²) in [4.78, 5) is 10.9. The van der Waals surface area contributed by atoms with Crippen LogP contribution in [0, 0.1) is 0 Å². The summed E-state index contributed by atoms with van der Waals surface area (Å²) in [7, 11) is 1.90. The largest absolute Gasteiger partial charge is 0.381 e. The van der Waals surface area contributed by atoms with Crippen molar-refractivity contribution in [2.45, 2.75) is 24.1 Å². The fraction of sp³-hybridized carbons (Fsp3) is 0.722. The average Bonchev–Trinajstić information content (AvgIpc) is 3.17. The minimum absolute atomic E-state index is 0.287. The third kappa shape index (κ3) is 5.12. The molecule has 1 aromatic rings.